The van der Waals surface area contributed by atoms with Gasteiger partial charge in [-0.2, -0.15) is 0 Å². The van der Waals surface area contributed by atoms with Gasteiger partial charge in [-0.15, -0.1) is 0 Å². The van der Waals surface area contributed by atoms with Crippen molar-refractivity contribution in [3.05, 3.63) is 0 Å². The van der Waals surface area contributed by atoms with Crippen molar-refractivity contribution in [1.82, 2.24) is 4.90 Å². The minimum Gasteiger partial charge on any atom is -0.449 e. The van der Waals surface area contributed by atoms with E-state index in [9.17, 15) is 20.1 Å². The van der Waals surface area contributed by atoms with Crippen LogP contribution in [-0.2, 0) is 9.47 Å². The monoisotopic (exact) mass is 671 g/mol. The van der Waals surface area contributed by atoms with Crippen molar-refractivity contribution in [2.45, 2.75) is 224 Å². The molecule has 0 aliphatic carbocycles. The fourth-order valence-electron chi connectivity index (χ4n) is 6.74. The fourth-order valence-corrected chi connectivity index (χ4v) is 6.74. The molecule has 1 heterocycles. The van der Waals surface area contributed by atoms with Crippen LogP contribution in [0.5, 0.6) is 0 Å². The van der Waals surface area contributed by atoms with E-state index in [2.05, 4.69) is 13.8 Å². The first kappa shape index (κ1) is 44.1. The van der Waals surface area contributed by atoms with Gasteiger partial charge in [-0.3, -0.25) is 4.90 Å². The summed E-state index contributed by atoms with van der Waals surface area (Å²) in [5.41, 5.74) is 6.24. The van der Waals surface area contributed by atoms with Crippen molar-refractivity contribution in [3.63, 3.8) is 0 Å². The molecule has 47 heavy (non-hydrogen) atoms. The highest BCUT2D eigenvalue weighted by atomic mass is 16.6. The maximum Gasteiger partial charge on any atom is 0.411 e. The van der Waals surface area contributed by atoms with Gasteiger partial charge in [0.2, 0.25) is 0 Å². The minimum absolute atomic E-state index is 0.336. The van der Waals surface area contributed by atoms with Crippen LogP contribution in [0.2, 0.25) is 0 Å². The topological polar surface area (TPSA) is 125 Å². The fraction of sp³-hybridized carbons (Fsp3) is 0.974. The average molecular weight is 671 g/mol. The zero-order valence-electron chi connectivity index (χ0n) is 30.9. The van der Waals surface area contributed by atoms with Crippen LogP contribution in [0, 0.1) is 0 Å². The third kappa shape index (κ3) is 21.7. The number of nitrogens with zero attached hydrogens (tertiary/aromatic N) is 1. The Labute approximate surface area is 289 Å². The molecule has 1 saturated heterocycles. The first-order chi connectivity index (χ1) is 23.0. The van der Waals surface area contributed by atoms with Gasteiger partial charge in [-0.05, 0) is 12.8 Å². The van der Waals surface area contributed by atoms with Gasteiger partial charge < -0.3 is 30.5 Å². The zero-order chi connectivity index (χ0) is 34.4. The second-order valence-corrected chi connectivity index (χ2v) is 14.3. The van der Waals surface area contributed by atoms with Crippen LogP contribution in [0.15, 0.2) is 0 Å². The summed E-state index contributed by atoms with van der Waals surface area (Å²) in [6.45, 7) is 4.79. The summed E-state index contributed by atoms with van der Waals surface area (Å²) in [5.74, 6) is 0. The molecule has 8 nitrogen and oxygen atoms in total. The van der Waals surface area contributed by atoms with E-state index in [0.717, 1.165) is 38.5 Å². The van der Waals surface area contributed by atoms with Gasteiger partial charge in [-0.25, -0.2) is 4.79 Å². The molecule has 1 fully saturated rings. The van der Waals surface area contributed by atoms with Crippen molar-refractivity contribution < 1.29 is 29.6 Å². The standard InChI is InChI=1S/C39H78N2O6/c1-3-5-7-9-11-13-15-17-18-19-20-21-23-25-27-29-31-41(38-35(40)37(44)36(43)34(33-42)47-38)39(45)46-32-30-28-26-24-22-16-14-12-10-8-6-4-2/h34-38,42-44H,3-33,40H2,1-2H3/t34-,35-,36+,37-,38-/m1/s1. The number of rotatable bonds is 32. The summed E-state index contributed by atoms with van der Waals surface area (Å²) >= 11 is 0. The lowest BCUT2D eigenvalue weighted by molar-refractivity contribution is -0.221. The number of ether oxygens (including phenoxy) is 2. The maximum atomic E-state index is 13.2. The number of hydrogen-bond acceptors (Lipinski definition) is 7. The molecule has 0 aromatic rings. The van der Waals surface area contributed by atoms with E-state index in [-0.39, 0.29) is 0 Å². The van der Waals surface area contributed by atoms with E-state index in [1.807, 2.05) is 0 Å². The molecule has 5 N–H and O–H groups in total. The summed E-state index contributed by atoms with van der Waals surface area (Å²) in [7, 11) is 0. The molecule has 1 rings (SSSR count). The number of aliphatic hydroxyl groups is 3. The molecule has 5 atom stereocenters. The quantitative estimate of drug-likeness (QED) is 0.0526. The molecule has 0 radical (unpaired) electrons. The van der Waals surface area contributed by atoms with Crippen LogP contribution in [0.1, 0.15) is 194 Å². The van der Waals surface area contributed by atoms with E-state index in [0.29, 0.717) is 13.2 Å². The molecule has 0 bridgehead atoms. The number of aliphatic hydroxyl groups excluding tert-OH is 3. The highest BCUT2D eigenvalue weighted by Crippen LogP contribution is 2.24. The summed E-state index contributed by atoms with van der Waals surface area (Å²) in [6.07, 6.45) is 30.1. The van der Waals surface area contributed by atoms with Crippen molar-refractivity contribution in [2.75, 3.05) is 19.8 Å². The van der Waals surface area contributed by atoms with Crippen LogP contribution in [-0.4, -0.2) is 76.7 Å². The van der Waals surface area contributed by atoms with Crippen molar-refractivity contribution >= 4 is 6.09 Å². The van der Waals surface area contributed by atoms with Gasteiger partial charge in [0.1, 0.15) is 18.3 Å². The van der Waals surface area contributed by atoms with E-state index in [4.69, 9.17) is 15.2 Å². The van der Waals surface area contributed by atoms with Gasteiger partial charge in [-0.1, -0.05) is 181 Å². The van der Waals surface area contributed by atoms with Gasteiger partial charge in [0.05, 0.1) is 19.3 Å². The molecular formula is C39H78N2O6. The van der Waals surface area contributed by atoms with Crippen LogP contribution in [0.3, 0.4) is 0 Å². The molecule has 1 amide bonds. The molecule has 1 aliphatic rings. The lowest BCUT2D eigenvalue weighted by Crippen LogP contribution is -2.67. The number of carbonyl (C=O) groups excluding carboxylic acids is 1. The van der Waals surface area contributed by atoms with Gasteiger partial charge >= 0.3 is 6.09 Å². The lowest BCUT2D eigenvalue weighted by atomic mass is 9.96. The molecule has 8 heteroatoms. The molecule has 0 aromatic heterocycles. The van der Waals surface area contributed by atoms with Crippen LogP contribution in [0.4, 0.5) is 4.79 Å². The Morgan fingerprint density at radius 2 is 0.957 bits per heavy atom. The first-order valence-corrected chi connectivity index (χ1v) is 20.3. The van der Waals surface area contributed by atoms with E-state index < -0.39 is 43.3 Å². The third-order valence-corrected chi connectivity index (χ3v) is 9.97. The Morgan fingerprint density at radius 1 is 0.596 bits per heavy atom. The first-order valence-electron chi connectivity index (χ1n) is 20.3. The summed E-state index contributed by atoms with van der Waals surface area (Å²) < 4.78 is 11.5. The maximum absolute atomic E-state index is 13.2. The number of amides is 1. The highest BCUT2D eigenvalue weighted by molar-refractivity contribution is 5.68. The Morgan fingerprint density at radius 3 is 1.34 bits per heavy atom. The Hall–Kier alpha value is -0.930. The van der Waals surface area contributed by atoms with Gasteiger partial charge in [0, 0.05) is 6.54 Å². The minimum atomic E-state index is -1.30. The molecule has 0 aromatic carbocycles. The largest absolute Gasteiger partial charge is 0.449 e. The Kier molecular flexibility index (Phi) is 29.2. The van der Waals surface area contributed by atoms with Gasteiger partial charge in [0.15, 0.2) is 6.23 Å². The second kappa shape index (κ2) is 31.1. The predicted octanol–water partition coefficient (Wildman–Crippen LogP) is 9.15. The molecule has 0 spiro atoms. The Bertz CT molecular complexity index is 696. The highest BCUT2D eigenvalue weighted by Gasteiger charge is 2.46. The van der Waals surface area contributed by atoms with E-state index in [1.54, 1.807) is 0 Å². The third-order valence-electron chi connectivity index (χ3n) is 9.97. The lowest BCUT2D eigenvalue weighted by Gasteiger charge is -2.44. The summed E-state index contributed by atoms with van der Waals surface area (Å²) in [6, 6.07) is -0.993. The molecule has 0 saturated carbocycles. The van der Waals surface area contributed by atoms with Crippen molar-refractivity contribution in [2.24, 2.45) is 5.73 Å². The SMILES string of the molecule is CCCCCCCCCCCCCCCCCCN(C(=O)OCCCCCCCCCCCCCC)[C@@H]1O[C@H](CO)[C@H](O)[C@H](O)[C@H]1N. The number of carbonyl (C=O) groups is 1. The average Bonchev–Trinajstić information content (AvgIpc) is 3.07. The second-order valence-electron chi connectivity index (χ2n) is 14.3. The number of nitrogens with two attached hydrogens (primary N) is 1. The predicted molar refractivity (Wildman–Crippen MR) is 194 cm³/mol. The van der Waals surface area contributed by atoms with Crippen molar-refractivity contribution in [1.29, 1.82) is 0 Å². The Balaban J connectivity index is 2.30. The summed E-state index contributed by atoms with van der Waals surface area (Å²) in [4.78, 5) is 14.7. The molecule has 1 aliphatic heterocycles. The molecule has 280 valence electrons. The summed E-state index contributed by atoms with van der Waals surface area (Å²) in [5, 5.41) is 30.5. The number of hydrogen-bond donors (Lipinski definition) is 4. The van der Waals surface area contributed by atoms with Gasteiger partial charge in [0.25, 0.3) is 0 Å². The normalized spacial score (nSPS) is 21.3. The van der Waals surface area contributed by atoms with E-state index >= 15 is 0 Å². The smallest absolute Gasteiger partial charge is 0.411 e. The van der Waals surface area contributed by atoms with Crippen LogP contribution in [0.25, 0.3) is 0 Å². The van der Waals surface area contributed by atoms with Crippen molar-refractivity contribution in [3.8, 4) is 0 Å². The van der Waals surface area contributed by atoms with Crippen LogP contribution >= 0.6 is 0 Å². The number of unbranched alkanes of at least 4 members (excludes halogenated alkanes) is 26. The van der Waals surface area contributed by atoms with Crippen LogP contribution < -0.4 is 5.73 Å². The molecule has 0 unspecified atom stereocenters. The molecular weight excluding hydrogens is 592 g/mol. The van der Waals surface area contributed by atoms with E-state index in [1.165, 1.54) is 146 Å². The zero-order valence-corrected chi connectivity index (χ0v) is 30.9.